The van der Waals surface area contributed by atoms with Gasteiger partial charge >= 0.3 is 0 Å². The molecule has 0 saturated heterocycles. The molecule has 0 saturated carbocycles. The molecular formula is C9H10BrN5O. The van der Waals surface area contributed by atoms with E-state index >= 15 is 0 Å². The van der Waals surface area contributed by atoms with E-state index in [2.05, 4.69) is 41.4 Å². The smallest absolute Gasteiger partial charge is 0.268 e. The Bertz CT molecular complexity index is 478. The van der Waals surface area contributed by atoms with Crippen molar-refractivity contribution in [3.8, 4) is 0 Å². The van der Waals surface area contributed by atoms with Crippen molar-refractivity contribution in [2.45, 2.75) is 13.0 Å². The maximum absolute atomic E-state index is 11.7. The molecule has 0 aromatic carbocycles. The molecule has 0 radical (unpaired) electrons. The maximum atomic E-state index is 11.7. The van der Waals surface area contributed by atoms with Crippen LogP contribution >= 0.6 is 15.9 Å². The van der Waals surface area contributed by atoms with E-state index in [0.29, 0.717) is 11.5 Å². The zero-order chi connectivity index (χ0) is 11.5. The van der Waals surface area contributed by atoms with Gasteiger partial charge in [0.25, 0.3) is 5.91 Å². The van der Waals surface area contributed by atoms with Crippen LogP contribution in [0.1, 0.15) is 29.3 Å². The third-order valence-electron chi connectivity index (χ3n) is 2.08. The molecule has 16 heavy (non-hydrogen) atoms. The highest BCUT2D eigenvalue weighted by atomic mass is 79.9. The number of hydrogen-bond donors (Lipinski definition) is 3. The first-order valence-corrected chi connectivity index (χ1v) is 5.46. The fourth-order valence-corrected chi connectivity index (χ4v) is 1.61. The van der Waals surface area contributed by atoms with Crippen molar-refractivity contribution in [2.75, 3.05) is 0 Å². The molecule has 1 amide bonds. The summed E-state index contributed by atoms with van der Waals surface area (Å²) in [6.07, 6.45) is 3.11. The number of amides is 1. The zero-order valence-corrected chi connectivity index (χ0v) is 10.1. The Kier molecular flexibility index (Phi) is 3.04. The second-order valence-electron chi connectivity index (χ2n) is 3.30. The summed E-state index contributed by atoms with van der Waals surface area (Å²) in [5.41, 5.74) is 0.498. The number of halogens is 1. The van der Waals surface area contributed by atoms with Gasteiger partial charge in [-0.1, -0.05) is 0 Å². The fourth-order valence-electron chi connectivity index (χ4n) is 1.27. The van der Waals surface area contributed by atoms with Gasteiger partial charge in [0, 0.05) is 10.7 Å². The molecule has 6 nitrogen and oxygen atoms in total. The van der Waals surface area contributed by atoms with Crippen molar-refractivity contribution < 1.29 is 4.79 Å². The molecule has 0 fully saturated rings. The third kappa shape index (κ3) is 2.30. The number of nitrogens with zero attached hydrogens (tertiary/aromatic N) is 2. The van der Waals surface area contributed by atoms with Crippen molar-refractivity contribution in [3.05, 3.63) is 34.6 Å². The molecule has 0 bridgehead atoms. The summed E-state index contributed by atoms with van der Waals surface area (Å²) >= 11 is 3.27. The first-order chi connectivity index (χ1) is 7.66. The lowest BCUT2D eigenvalue weighted by Gasteiger charge is -2.09. The standard InChI is InChI=1S/C9H10BrN5O/c1-5(8-12-4-13-15-8)14-9(16)7-2-6(10)3-11-7/h2-5,11H,1H3,(H,14,16)(H,12,13,15). The van der Waals surface area contributed by atoms with Gasteiger partial charge in [-0.2, -0.15) is 5.10 Å². The fraction of sp³-hybridized carbons (Fsp3) is 0.222. The van der Waals surface area contributed by atoms with E-state index in [0.717, 1.165) is 4.47 Å². The van der Waals surface area contributed by atoms with Crippen molar-refractivity contribution >= 4 is 21.8 Å². The van der Waals surface area contributed by atoms with Gasteiger partial charge in [0.2, 0.25) is 0 Å². The van der Waals surface area contributed by atoms with Crippen LogP contribution in [0.3, 0.4) is 0 Å². The number of H-pyrrole nitrogens is 2. The second kappa shape index (κ2) is 4.48. The Morgan fingerprint density at radius 1 is 1.62 bits per heavy atom. The van der Waals surface area contributed by atoms with E-state index in [1.807, 2.05) is 6.92 Å². The molecule has 0 spiro atoms. The molecule has 84 valence electrons. The summed E-state index contributed by atoms with van der Waals surface area (Å²) in [5.74, 6) is 0.438. The van der Waals surface area contributed by atoms with Crippen LogP contribution in [0.5, 0.6) is 0 Å². The lowest BCUT2D eigenvalue weighted by Crippen LogP contribution is -2.27. The minimum Gasteiger partial charge on any atom is -0.356 e. The van der Waals surface area contributed by atoms with Crippen LogP contribution in [0, 0.1) is 0 Å². The highest BCUT2D eigenvalue weighted by molar-refractivity contribution is 9.10. The van der Waals surface area contributed by atoms with Gasteiger partial charge in [-0.25, -0.2) is 4.98 Å². The van der Waals surface area contributed by atoms with Crippen LogP contribution in [-0.4, -0.2) is 26.1 Å². The van der Waals surface area contributed by atoms with Crippen LogP contribution in [0.25, 0.3) is 0 Å². The molecule has 7 heteroatoms. The van der Waals surface area contributed by atoms with Crippen LogP contribution in [0.4, 0.5) is 0 Å². The van der Waals surface area contributed by atoms with E-state index in [1.54, 1.807) is 12.3 Å². The molecule has 0 aliphatic heterocycles. The molecule has 1 atom stereocenters. The predicted octanol–water partition coefficient (Wildman–Crippen LogP) is 1.39. The molecule has 0 aliphatic carbocycles. The molecule has 0 aliphatic rings. The van der Waals surface area contributed by atoms with E-state index in [-0.39, 0.29) is 11.9 Å². The van der Waals surface area contributed by atoms with E-state index in [1.165, 1.54) is 6.33 Å². The summed E-state index contributed by atoms with van der Waals surface area (Å²) in [4.78, 5) is 18.6. The maximum Gasteiger partial charge on any atom is 0.268 e. The average molecular weight is 284 g/mol. The SMILES string of the molecule is CC(NC(=O)c1cc(Br)c[nH]1)c1ncn[nH]1. The van der Waals surface area contributed by atoms with E-state index in [9.17, 15) is 4.79 Å². The topological polar surface area (TPSA) is 86.5 Å². The van der Waals surface area contributed by atoms with Crippen molar-refractivity contribution in [3.63, 3.8) is 0 Å². The lowest BCUT2D eigenvalue weighted by molar-refractivity contribution is 0.0934. The third-order valence-corrected chi connectivity index (χ3v) is 2.54. The summed E-state index contributed by atoms with van der Waals surface area (Å²) in [5, 5.41) is 9.22. The van der Waals surface area contributed by atoms with Gasteiger partial charge in [0.15, 0.2) is 0 Å². The second-order valence-corrected chi connectivity index (χ2v) is 4.21. The summed E-state index contributed by atoms with van der Waals surface area (Å²) in [7, 11) is 0. The van der Waals surface area contributed by atoms with Gasteiger partial charge in [0.05, 0.1) is 6.04 Å². The normalized spacial score (nSPS) is 12.4. The molecular weight excluding hydrogens is 274 g/mol. The largest absolute Gasteiger partial charge is 0.356 e. The Hall–Kier alpha value is -1.63. The van der Waals surface area contributed by atoms with Crippen LogP contribution in [0.2, 0.25) is 0 Å². The minimum absolute atomic E-state index is 0.186. The Morgan fingerprint density at radius 3 is 3.00 bits per heavy atom. The molecule has 2 heterocycles. The Morgan fingerprint density at radius 2 is 2.44 bits per heavy atom. The molecule has 3 N–H and O–H groups in total. The van der Waals surface area contributed by atoms with Crippen molar-refractivity contribution in [1.29, 1.82) is 0 Å². The first kappa shape index (κ1) is 10.9. The van der Waals surface area contributed by atoms with Gasteiger partial charge in [0.1, 0.15) is 17.8 Å². The highest BCUT2D eigenvalue weighted by Crippen LogP contribution is 2.12. The van der Waals surface area contributed by atoms with Crippen molar-refractivity contribution in [1.82, 2.24) is 25.5 Å². The number of rotatable bonds is 3. The quantitative estimate of drug-likeness (QED) is 0.796. The van der Waals surface area contributed by atoms with Crippen LogP contribution in [-0.2, 0) is 0 Å². The van der Waals surface area contributed by atoms with Crippen LogP contribution in [0.15, 0.2) is 23.1 Å². The number of carbonyl (C=O) groups excluding carboxylic acids is 1. The molecule has 1 unspecified atom stereocenters. The van der Waals surface area contributed by atoms with Crippen LogP contribution < -0.4 is 5.32 Å². The number of carbonyl (C=O) groups is 1. The Labute approximate surface area is 100.0 Å². The summed E-state index contributed by atoms with van der Waals surface area (Å²) < 4.78 is 0.838. The molecule has 2 aromatic rings. The van der Waals surface area contributed by atoms with E-state index in [4.69, 9.17) is 0 Å². The number of aromatic nitrogens is 4. The summed E-state index contributed by atoms with van der Waals surface area (Å²) in [6.45, 7) is 1.83. The monoisotopic (exact) mass is 283 g/mol. The van der Waals surface area contributed by atoms with Gasteiger partial charge < -0.3 is 10.3 Å². The highest BCUT2D eigenvalue weighted by Gasteiger charge is 2.14. The van der Waals surface area contributed by atoms with Gasteiger partial charge in [-0.15, -0.1) is 0 Å². The summed E-state index contributed by atoms with van der Waals surface area (Å²) in [6, 6.07) is 1.50. The zero-order valence-electron chi connectivity index (χ0n) is 8.49. The van der Waals surface area contributed by atoms with E-state index < -0.39 is 0 Å². The molecule has 2 aromatic heterocycles. The van der Waals surface area contributed by atoms with Gasteiger partial charge in [-0.3, -0.25) is 9.89 Å². The number of aromatic amines is 2. The van der Waals surface area contributed by atoms with Crippen molar-refractivity contribution in [2.24, 2.45) is 0 Å². The lowest BCUT2D eigenvalue weighted by atomic mass is 10.3. The minimum atomic E-state index is -0.211. The Balaban J connectivity index is 2.03. The number of nitrogens with one attached hydrogen (secondary N) is 3. The van der Waals surface area contributed by atoms with Gasteiger partial charge in [-0.05, 0) is 28.9 Å². The number of hydrogen-bond acceptors (Lipinski definition) is 3. The molecule has 2 rings (SSSR count). The first-order valence-electron chi connectivity index (χ1n) is 4.67. The predicted molar refractivity (Wildman–Crippen MR) is 60.8 cm³/mol. The average Bonchev–Trinajstić information content (AvgIpc) is 2.87.